The number of amides is 1. The second-order valence-electron chi connectivity index (χ2n) is 7.91. The molecule has 170 valence electrons. The van der Waals surface area contributed by atoms with Crippen LogP contribution in [0.4, 0.5) is 5.69 Å². The van der Waals surface area contributed by atoms with Crippen LogP contribution in [0.3, 0.4) is 0 Å². The zero-order valence-electron chi connectivity index (χ0n) is 18.3. The van der Waals surface area contributed by atoms with Crippen LogP contribution in [0.25, 0.3) is 21.0 Å². The number of H-pyrrole nitrogens is 1. The van der Waals surface area contributed by atoms with Crippen molar-refractivity contribution in [2.24, 2.45) is 0 Å². The summed E-state index contributed by atoms with van der Waals surface area (Å²) < 4.78 is 17.2. The number of rotatable bonds is 5. The minimum absolute atomic E-state index is 0.0202. The summed E-state index contributed by atoms with van der Waals surface area (Å²) in [5.74, 6) is 1.56. The number of aromatic nitrogens is 3. The van der Waals surface area contributed by atoms with Gasteiger partial charge >= 0.3 is 0 Å². The second kappa shape index (κ2) is 9.05. The van der Waals surface area contributed by atoms with Crippen molar-refractivity contribution in [3.63, 3.8) is 0 Å². The number of nitrogens with zero attached hydrogens (tertiary/aromatic N) is 4. The molecular weight excluding hydrogens is 430 g/mol. The van der Waals surface area contributed by atoms with Crippen LogP contribution in [0.1, 0.15) is 11.4 Å². The minimum atomic E-state index is 0.0202. The summed E-state index contributed by atoms with van der Waals surface area (Å²) in [6.45, 7) is 4.61. The third kappa shape index (κ3) is 3.94. The molecule has 9 nitrogen and oxygen atoms in total. The van der Waals surface area contributed by atoms with Crippen molar-refractivity contribution < 1.29 is 19.0 Å². The SMILES string of the molecule is COCC(=O)N1CCc2nc(-c3nc4c(OC)ccc(N5CCOCC5)c4s3)[nH]c2CC1. The predicted octanol–water partition coefficient (Wildman–Crippen LogP) is 2.11. The summed E-state index contributed by atoms with van der Waals surface area (Å²) in [7, 11) is 3.22. The fourth-order valence-corrected chi connectivity index (χ4v) is 5.38. The maximum absolute atomic E-state index is 12.2. The van der Waals surface area contributed by atoms with Gasteiger partial charge in [0, 0.05) is 51.8 Å². The first-order chi connectivity index (χ1) is 15.7. The molecule has 0 atom stereocenters. The largest absolute Gasteiger partial charge is 0.494 e. The number of nitrogens with one attached hydrogen (secondary N) is 1. The molecule has 1 saturated heterocycles. The lowest BCUT2D eigenvalue weighted by Gasteiger charge is -2.29. The number of benzene rings is 1. The van der Waals surface area contributed by atoms with Crippen molar-refractivity contribution in [2.45, 2.75) is 12.8 Å². The molecule has 1 amide bonds. The average Bonchev–Trinajstić information content (AvgIpc) is 3.39. The summed E-state index contributed by atoms with van der Waals surface area (Å²) >= 11 is 1.63. The summed E-state index contributed by atoms with van der Waals surface area (Å²) in [5.41, 5.74) is 4.10. The number of methoxy groups -OCH3 is 2. The Hall–Kier alpha value is -2.69. The number of hydrogen-bond acceptors (Lipinski definition) is 8. The number of hydrogen-bond donors (Lipinski definition) is 1. The zero-order valence-corrected chi connectivity index (χ0v) is 19.2. The highest BCUT2D eigenvalue weighted by atomic mass is 32.1. The van der Waals surface area contributed by atoms with E-state index in [2.05, 4.69) is 16.0 Å². The Kier molecular flexibility index (Phi) is 5.99. The van der Waals surface area contributed by atoms with Gasteiger partial charge in [0.2, 0.25) is 5.91 Å². The van der Waals surface area contributed by atoms with Gasteiger partial charge in [-0.1, -0.05) is 0 Å². The highest BCUT2D eigenvalue weighted by Crippen LogP contribution is 2.40. The Labute approximate surface area is 190 Å². The molecule has 0 aliphatic carbocycles. The number of aromatic amines is 1. The van der Waals surface area contributed by atoms with Crippen LogP contribution in [0.15, 0.2) is 12.1 Å². The van der Waals surface area contributed by atoms with E-state index in [1.54, 1.807) is 25.6 Å². The molecule has 0 bridgehead atoms. The molecule has 0 saturated carbocycles. The van der Waals surface area contributed by atoms with Crippen LogP contribution < -0.4 is 9.64 Å². The summed E-state index contributed by atoms with van der Waals surface area (Å²) in [6, 6.07) is 4.09. The Morgan fingerprint density at radius 2 is 1.97 bits per heavy atom. The van der Waals surface area contributed by atoms with E-state index in [0.717, 1.165) is 76.6 Å². The third-order valence-corrected chi connectivity index (χ3v) is 7.08. The van der Waals surface area contributed by atoms with Gasteiger partial charge in [0.05, 0.1) is 36.4 Å². The molecule has 10 heteroatoms. The van der Waals surface area contributed by atoms with Crippen LogP contribution in [-0.4, -0.2) is 86.0 Å². The van der Waals surface area contributed by atoms with Gasteiger partial charge in [0.25, 0.3) is 0 Å². The van der Waals surface area contributed by atoms with E-state index in [9.17, 15) is 4.79 Å². The summed E-state index contributed by atoms with van der Waals surface area (Å²) in [6.07, 6.45) is 1.46. The molecule has 32 heavy (non-hydrogen) atoms. The molecule has 2 aromatic heterocycles. The van der Waals surface area contributed by atoms with E-state index in [1.807, 2.05) is 11.0 Å². The first-order valence-electron chi connectivity index (χ1n) is 10.8. The molecule has 4 heterocycles. The number of carbonyl (C=O) groups excluding carboxylic acids is 1. The van der Waals surface area contributed by atoms with Gasteiger partial charge < -0.3 is 29.0 Å². The quantitative estimate of drug-likeness (QED) is 0.627. The van der Waals surface area contributed by atoms with Gasteiger partial charge in [-0.3, -0.25) is 4.79 Å². The Balaban J connectivity index is 1.45. The third-order valence-electron chi connectivity index (χ3n) is 6.00. The van der Waals surface area contributed by atoms with Crippen LogP contribution >= 0.6 is 11.3 Å². The van der Waals surface area contributed by atoms with Gasteiger partial charge in [0.15, 0.2) is 10.8 Å². The highest BCUT2D eigenvalue weighted by Gasteiger charge is 2.24. The maximum atomic E-state index is 12.2. The number of fused-ring (bicyclic) bond motifs is 2. The van der Waals surface area contributed by atoms with E-state index in [0.29, 0.717) is 19.5 Å². The molecule has 2 aliphatic rings. The smallest absolute Gasteiger partial charge is 0.248 e. The van der Waals surface area contributed by atoms with Crippen molar-refractivity contribution in [2.75, 3.05) is 65.1 Å². The molecule has 5 rings (SSSR count). The topological polar surface area (TPSA) is 92.8 Å². The maximum Gasteiger partial charge on any atom is 0.248 e. The van der Waals surface area contributed by atoms with E-state index in [1.165, 1.54) is 0 Å². The van der Waals surface area contributed by atoms with Crippen LogP contribution in [0.2, 0.25) is 0 Å². The van der Waals surface area contributed by atoms with E-state index < -0.39 is 0 Å². The van der Waals surface area contributed by atoms with Gasteiger partial charge in [0.1, 0.15) is 17.9 Å². The Bertz CT molecular complexity index is 1100. The van der Waals surface area contributed by atoms with Crippen molar-refractivity contribution in [3.8, 4) is 16.6 Å². The van der Waals surface area contributed by atoms with Crippen LogP contribution in [-0.2, 0) is 27.1 Å². The number of morpholine rings is 1. The molecule has 1 N–H and O–H groups in total. The molecular formula is C22H27N5O4S. The number of ether oxygens (including phenoxy) is 3. The Morgan fingerprint density at radius 3 is 2.75 bits per heavy atom. The molecule has 2 aliphatic heterocycles. The van der Waals surface area contributed by atoms with Gasteiger partial charge in [-0.25, -0.2) is 9.97 Å². The zero-order chi connectivity index (χ0) is 22.1. The van der Waals surface area contributed by atoms with Crippen molar-refractivity contribution in [3.05, 3.63) is 23.5 Å². The number of anilines is 1. The standard InChI is InChI=1S/C22H27N5O4S/c1-29-13-18(28)27-7-5-14-15(6-8-27)24-21(23-14)22-25-19-17(30-2)4-3-16(20(19)32-22)26-9-11-31-12-10-26/h3-4H,5-13H2,1-2H3,(H,23,24). The number of thiazole rings is 1. The molecule has 0 spiro atoms. The van der Waals surface area contributed by atoms with Gasteiger partial charge in [-0.2, -0.15) is 0 Å². The fraction of sp³-hybridized carbons (Fsp3) is 0.500. The first-order valence-corrected chi connectivity index (χ1v) is 11.6. The Morgan fingerprint density at radius 1 is 1.16 bits per heavy atom. The van der Waals surface area contributed by atoms with E-state index in [4.69, 9.17) is 24.2 Å². The minimum Gasteiger partial charge on any atom is -0.494 e. The number of imidazole rings is 1. The first kappa shape index (κ1) is 21.2. The molecule has 1 aromatic carbocycles. The second-order valence-corrected chi connectivity index (χ2v) is 8.91. The van der Waals surface area contributed by atoms with Crippen LogP contribution in [0.5, 0.6) is 5.75 Å². The lowest BCUT2D eigenvalue weighted by molar-refractivity contribution is -0.135. The monoisotopic (exact) mass is 457 g/mol. The van der Waals surface area contributed by atoms with Crippen LogP contribution in [0, 0.1) is 0 Å². The highest BCUT2D eigenvalue weighted by molar-refractivity contribution is 7.22. The molecule has 0 unspecified atom stereocenters. The van der Waals surface area contributed by atoms with E-state index in [-0.39, 0.29) is 12.5 Å². The molecule has 3 aromatic rings. The van der Waals surface area contributed by atoms with E-state index >= 15 is 0 Å². The molecule has 0 radical (unpaired) electrons. The van der Waals surface area contributed by atoms with Gasteiger partial charge in [-0.05, 0) is 12.1 Å². The average molecular weight is 458 g/mol. The van der Waals surface area contributed by atoms with Crippen molar-refractivity contribution >= 4 is 33.1 Å². The normalized spacial score (nSPS) is 16.8. The summed E-state index contributed by atoms with van der Waals surface area (Å²) in [4.78, 5) is 29.6. The lowest BCUT2D eigenvalue weighted by atomic mass is 10.2. The molecule has 1 fully saturated rings. The van der Waals surface area contributed by atoms with Crippen molar-refractivity contribution in [1.82, 2.24) is 19.9 Å². The predicted molar refractivity (Wildman–Crippen MR) is 123 cm³/mol. The fourth-order valence-electron chi connectivity index (χ4n) is 4.31. The van der Waals surface area contributed by atoms with Gasteiger partial charge in [-0.15, -0.1) is 11.3 Å². The van der Waals surface area contributed by atoms with Crippen molar-refractivity contribution in [1.29, 1.82) is 0 Å². The summed E-state index contributed by atoms with van der Waals surface area (Å²) in [5, 5.41) is 0.847. The number of carbonyl (C=O) groups is 1. The lowest BCUT2D eigenvalue weighted by Crippen LogP contribution is -2.36.